The molecule has 326 valence electrons. The second kappa shape index (κ2) is 21.5. The molecule has 0 aliphatic carbocycles. The van der Waals surface area contributed by atoms with Gasteiger partial charge in [0, 0.05) is 44.2 Å². The minimum absolute atomic E-state index is 0.00397. The lowest BCUT2D eigenvalue weighted by atomic mass is 9.97. The summed E-state index contributed by atoms with van der Waals surface area (Å²) >= 11 is 0. The van der Waals surface area contributed by atoms with Crippen LogP contribution in [0.1, 0.15) is 54.5 Å². The quantitative estimate of drug-likeness (QED) is 0.0920. The van der Waals surface area contributed by atoms with Gasteiger partial charge in [0.15, 0.2) is 0 Å². The fraction of sp³-hybridized carbons (Fsp3) is 0.280. The lowest BCUT2D eigenvalue weighted by molar-refractivity contribution is -0.142. The SMILES string of the molecule is CC(C)Cc1ccc(-c2ccc(CC3NC(=O)C(Cc4ccc(O)cc4)NC(=O)CCC(=O)Nc4ccc(cc4)CC(C(=O)O)NC(=O)C(Cc4ccccc4)NC3=O)cc2)cc1. The van der Waals surface area contributed by atoms with Crippen molar-refractivity contribution in [1.29, 1.82) is 0 Å². The van der Waals surface area contributed by atoms with E-state index in [0.29, 0.717) is 33.9 Å². The van der Waals surface area contributed by atoms with E-state index in [1.54, 1.807) is 66.7 Å². The second-order valence-corrected chi connectivity index (χ2v) is 16.3. The molecule has 5 aromatic carbocycles. The summed E-state index contributed by atoms with van der Waals surface area (Å²) in [6.45, 7) is 4.34. The van der Waals surface area contributed by atoms with Crippen LogP contribution in [0.2, 0.25) is 0 Å². The summed E-state index contributed by atoms with van der Waals surface area (Å²) in [4.78, 5) is 81.7. The number of carboxylic acid groups (broad SMARTS) is 1. The number of hydrogen-bond acceptors (Lipinski definition) is 7. The predicted octanol–water partition coefficient (Wildman–Crippen LogP) is 5.28. The number of benzene rings is 5. The van der Waals surface area contributed by atoms with E-state index in [0.717, 1.165) is 17.5 Å². The molecule has 0 spiro atoms. The van der Waals surface area contributed by atoms with Gasteiger partial charge in [0.05, 0.1) is 0 Å². The van der Waals surface area contributed by atoms with Crippen molar-refractivity contribution in [2.24, 2.45) is 5.92 Å². The highest BCUT2D eigenvalue weighted by Crippen LogP contribution is 2.23. The van der Waals surface area contributed by atoms with E-state index in [4.69, 9.17) is 0 Å². The zero-order chi connectivity index (χ0) is 44.9. The average Bonchev–Trinajstić information content (AvgIpc) is 3.26. The van der Waals surface area contributed by atoms with Crippen molar-refractivity contribution in [1.82, 2.24) is 21.3 Å². The van der Waals surface area contributed by atoms with Crippen LogP contribution in [-0.2, 0) is 60.9 Å². The van der Waals surface area contributed by atoms with Crippen LogP contribution >= 0.6 is 0 Å². The van der Waals surface area contributed by atoms with Gasteiger partial charge in [-0.2, -0.15) is 0 Å². The number of phenolic OH excluding ortho intramolecular Hbond substituents is 1. The molecular formula is C50H53N5O8. The normalized spacial score (nSPS) is 19.2. The molecule has 5 aromatic rings. The summed E-state index contributed by atoms with van der Waals surface area (Å²) in [5.41, 5.74) is 6.15. The topological polar surface area (TPSA) is 203 Å². The molecule has 7 rings (SSSR count). The number of fused-ring (bicyclic) bond motifs is 18. The Kier molecular flexibility index (Phi) is 15.4. The van der Waals surface area contributed by atoms with Crippen molar-refractivity contribution in [3.8, 4) is 16.9 Å². The summed E-state index contributed by atoms with van der Waals surface area (Å²) in [5.74, 6) is -3.98. The monoisotopic (exact) mass is 851 g/mol. The summed E-state index contributed by atoms with van der Waals surface area (Å²) < 4.78 is 0. The average molecular weight is 852 g/mol. The number of phenols is 1. The molecule has 2 bridgehead atoms. The molecule has 0 aromatic heterocycles. The summed E-state index contributed by atoms with van der Waals surface area (Å²) in [6.07, 6.45) is 0.372. The summed E-state index contributed by atoms with van der Waals surface area (Å²) in [6, 6.07) is 32.2. The van der Waals surface area contributed by atoms with Crippen LogP contribution < -0.4 is 26.6 Å². The lowest BCUT2D eigenvalue weighted by Gasteiger charge is -2.26. The highest BCUT2D eigenvalue weighted by atomic mass is 16.4. The molecule has 7 N–H and O–H groups in total. The number of amides is 5. The Morgan fingerprint density at radius 3 is 1.54 bits per heavy atom. The van der Waals surface area contributed by atoms with Crippen molar-refractivity contribution in [2.45, 2.75) is 83.0 Å². The Bertz CT molecular complexity index is 2370. The first-order valence-corrected chi connectivity index (χ1v) is 21.1. The van der Waals surface area contributed by atoms with E-state index in [1.807, 2.05) is 24.3 Å². The van der Waals surface area contributed by atoms with Crippen molar-refractivity contribution in [3.05, 3.63) is 155 Å². The first kappa shape index (κ1) is 45.3. The predicted molar refractivity (Wildman–Crippen MR) is 239 cm³/mol. The summed E-state index contributed by atoms with van der Waals surface area (Å²) in [5, 5.41) is 33.8. The molecule has 0 radical (unpaired) electrons. The third-order valence-electron chi connectivity index (χ3n) is 10.8. The van der Waals surface area contributed by atoms with Crippen LogP contribution in [-0.4, -0.2) is 69.9 Å². The van der Waals surface area contributed by atoms with Gasteiger partial charge in [-0.15, -0.1) is 0 Å². The molecular weight excluding hydrogens is 799 g/mol. The Morgan fingerprint density at radius 1 is 0.556 bits per heavy atom. The minimum atomic E-state index is -1.37. The van der Waals surface area contributed by atoms with Gasteiger partial charge in [-0.3, -0.25) is 24.0 Å². The van der Waals surface area contributed by atoms with Crippen LogP contribution in [0.5, 0.6) is 5.75 Å². The minimum Gasteiger partial charge on any atom is -0.508 e. The van der Waals surface area contributed by atoms with E-state index in [1.165, 1.54) is 17.7 Å². The van der Waals surface area contributed by atoms with E-state index in [-0.39, 0.29) is 44.3 Å². The van der Waals surface area contributed by atoms with Crippen molar-refractivity contribution < 1.29 is 39.0 Å². The second-order valence-electron chi connectivity index (χ2n) is 16.3. The van der Waals surface area contributed by atoms with Crippen LogP contribution in [0.25, 0.3) is 11.1 Å². The number of aromatic hydroxyl groups is 1. The number of rotatable bonds is 10. The Balaban J connectivity index is 1.34. The number of aliphatic carboxylic acids is 1. The summed E-state index contributed by atoms with van der Waals surface area (Å²) in [7, 11) is 0. The molecule has 13 nitrogen and oxygen atoms in total. The maximum absolute atomic E-state index is 14.5. The largest absolute Gasteiger partial charge is 0.508 e. The van der Waals surface area contributed by atoms with Gasteiger partial charge < -0.3 is 36.8 Å². The fourth-order valence-electron chi connectivity index (χ4n) is 7.41. The number of carbonyl (C=O) groups is 6. The Hall–Kier alpha value is -7.28. The van der Waals surface area contributed by atoms with E-state index < -0.39 is 59.7 Å². The van der Waals surface area contributed by atoms with E-state index in [9.17, 15) is 39.0 Å². The zero-order valence-corrected chi connectivity index (χ0v) is 35.3. The molecule has 4 atom stereocenters. The van der Waals surface area contributed by atoms with Crippen LogP contribution in [0.15, 0.2) is 127 Å². The molecule has 2 heterocycles. The van der Waals surface area contributed by atoms with Crippen LogP contribution in [0.3, 0.4) is 0 Å². The lowest BCUT2D eigenvalue weighted by Crippen LogP contribution is -2.59. The highest BCUT2D eigenvalue weighted by molar-refractivity contribution is 5.97. The standard InChI is InChI=1S/C50H53N5O8/c1-31(2)26-33-8-16-37(17-9-33)38-18-10-34(11-19-38)29-43-48(60)54-42(27-32-6-4-3-5-7-32)49(61)55-44(50(62)63)30-35-12-20-39(21-13-35)51-45(57)24-25-46(58)52-41(47(59)53-43)28-36-14-22-40(56)23-15-36/h3-23,31,41-44,56H,24-30H2,1-2H3,(H,51,57)(H,52,58)(H,53,59)(H,54,60)(H,55,61)(H,62,63). The van der Waals surface area contributed by atoms with Crippen molar-refractivity contribution in [2.75, 3.05) is 5.32 Å². The molecule has 5 amide bonds. The molecule has 2 aliphatic rings. The molecule has 63 heavy (non-hydrogen) atoms. The first-order chi connectivity index (χ1) is 30.3. The van der Waals surface area contributed by atoms with E-state index >= 15 is 0 Å². The van der Waals surface area contributed by atoms with Crippen LogP contribution in [0, 0.1) is 5.92 Å². The van der Waals surface area contributed by atoms with Crippen molar-refractivity contribution >= 4 is 41.2 Å². The fourth-order valence-corrected chi connectivity index (χ4v) is 7.41. The number of hydrogen-bond donors (Lipinski definition) is 7. The van der Waals surface area contributed by atoms with Gasteiger partial charge in [-0.25, -0.2) is 4.79 Å². The van der Waals surface area contributed by atoms with E-state index in [2.05, 4.69) is 64.7 Å². The van der Waals surface area contributed by atoms with Crippen molar-refractivity contribution in [3.63, 3.8) is 0 Å². The smallest absolute Gasteiger partial charge is 0.326 e. The molecule has 0 saturated heterocycles. The maximum Gasteiger partial charge on any atom is 0.326 e. The number of carbonyl (C=O) groups excluding carboxylic acids is 5. The maximum atomic E-state index is 14.5. The van der Waals surface area contributed by atoms with Gasteiger partial charge >= 0.3 is 5.97 Å². The third-order valence-corrected chi connectivity index (χ3v) is 10.8. The molecule has 13 heteroatoms. The number of nitrogens with one attached hydrogen (secondary N) is 5. The molecule has 2 aliphatic heterocycles. The molecule has 0 saturated carbocycles. The van der Waals surface area contributed by atoms with Gasteiger partial charge in [0.2, 0.25) is 29.5 Å². The third kappa shape index (κ3) is 13.6. The highest BCUT2D eigenvalue weighted by Gasteiger charge is 2.32. The van der Waals surface area contributed by atoms with Gasteiger partial charge in [-0.05, 0) is 75.5 Å². The number of carboxylic acids is 1. The Labute approximate surface area is 366 Å². The molecule has 0 fully saturated rings. The first-order valence-electron chi connectivity index (χ1n) is 21.1. The van der Waals surface area contributed by atoms with Crippen LogP contribution in [0.4, 0.5) is 5.69 Å². The van der Waals surface area contributed by atoms with Gasteiger partial charge in [0.1, 0.15) is 29.9 Å². The number of anilines is 1. The van der Waals surface area contributed by atoms with Gasteiger partial charge in [-0.1, -0.05) is 117 Å². The molecule has 4 unspecified atom stereocenters. The zero-order valence-electron chi connectivity index (χ0n) is 35.3. The Morgan fingerprint density at radius 2 is 1.02 bits per heavy atom. The van der Waals surface area contributed by atoms with Gasteiger partial charge in [0.25, 0.3) is 0 Å².